The largest absolute Gasteiger partial charge is 0.480 e. The van der Waals surface area contributed by atoms with Crippen LogP contribution >= 0.6 is 0 Å². The molecule has 1 fully saturated rings. The highest BCUT2D eigenvalue weighted by Gasteiger charge is 2.24. The lowest BCUT2D eigenvalue weighted by atomic mass is 10.00. The Morgan fingerprint density at radius 3 is 2.37 bits per heavy atom. The van der Waals surface area contributed by atoms with Gasteiger partial charge >= 0.3 is 12.0 Å². The third kappa shape index (κ3) is 6.24. The highest BCUT2D eigenvalue weighted by Crippen LogP contribution is 2.20. The molecule has 1 heterocycles. The van der Waals surface area contributed by atoms with Crippen molar-refractivity contribution in [3.63, 3.8) is 0 Å². The summed E-state index contributed by atoms with van der Waals surface area (Å²) in [6.07, 6.45) is 2.61. The van der Waals surface area contributed by atoms with E-state index >= 15 is 0 Å². The normalized spacial score (nSPS) is 19.0. The molecular weight excluding hydrogens is 342 g/mol. The fourth-order valence-corrected chi connectivity index (χ4v) is 3.59. The Labute approximate surface area is 162 Å². The van der Waals surface area contributed by atoms with Gasteiger partial charge in [0.2, 0.25) is 0 Å². The van der Waals surface area contributed by atoms with Crippen LogP contribution in [0.25, 0.3) is 0 Å². The average molecular weight is 376 g/mol. The molecule has 0 aromatic heterocycles. The third-order valence-electron chi connectivity index (χ3n) is 5.44. The van der Waals surface area contributed by atoms with E-state index in [0.29, 0.717) is 19.0 Å². The smallest absolute Gasteiger partial charge is 0.317 e. The molecule has 6 nitrogen and oxygen atoms in total. The minimum atomic E-state index is -0.811. The fourth-order valence-electron chi connectivity index (χ4n) is 3.59. The standard InChI is InChI=1S/C21H33N3O3/c1-15(2)17-7-9-18(10-8-17)16(3)22-21(27)24-12-5-6-19(11-13-24)23(4)14-20(25)26/h7-10,15-16,19H,5-6,11-14H2,1-4H3,(H,22,27)(H,25,26). The molecule has 1 aromatic carbocycles. The number of likely N-dealkylation sites (tertiary alicyclic amines) is 1. The predicted molar refractivity (Wildman–Crippen MR) is 107 cm³/mol. The Morgan fingerprint density at radius 1 is 1.15 bits per heavy atom. The zero-order valence-electron chi connectivity index (χ0n) is 16.9. The molecule has 0 radical (unpaired) electrons. The van der Waals surface area contributed by atoms with Gasteiger partial charge in [-0.15, -0.1) is 0 Å². The highest BCUT2D eigenvalue weighted by molar-refractivity contribution is 5.74. The molecule has 1 saturated heterocycles. The van der Waals surface area contributed by atoms with Gasteiger partial charge in [0.05, 0.1) is 12.6 Å². The number of benzene rings is 1. The Hall–Kier alpha value is -2.08. The number of urea groups is 1. The number of carbonyl (C=O) groups excluding carboxylic acids is 1. The number of carboxylic acid groups (broad SMARTS) is 1. The molecule has 2 amide bonds. The van der Waals surface area contributed by atoms with E-state index in [9.17, 15) is 9.59 Å². The molecular formula is C21H33N3O3. The van der Waals surface area contributed by atoms with E-state index in [4.69, 9.17) is 5.11 Å². The molecule has 0 saturated carbocycles. The first-order chi connectivity index (χ1) is 12.8. The molecule has 1 aliphatic rings. The summed E-state index contributed by atoms with van der Waals surface area (Å²) in [6.45, 7) is 7.74. The van der Waals surface area contributed by atoms with Gasteiger partial charge in [-0.25, -0.2) is 4.79 Å². The molecule has 0 aliphatic carbocycles. The van der Waals surface area contributed by atoms with Crippen LogP contribution in [0.4, 0.5) is 4.79 Å². The number of nitrogens with one attached hydrogen (secondary N) is 1. The van der Waals surface area contributed by atoms with Crippen molar-refractivity contribution >= 4 is 12.0 Å². The van der Waals surface area contributed by atoms with Crippen molar-refractivity contribution in [1.82, 2.24) is 15.1 Å². The molecule has 27 heavy (non-hydrogen) atoms. The molecule has 2 N–H and O–H groups in total. The van der Waals surface area contributed by atoms with Crippen LogP contribution < -0.4 is 5.32 Å². The molecule has 2 unspecified atom stereocenters. The Balaban J connectivity index is 1.88. The number of nitrogens with zero attached hydrogens (tertiary/aromatic N) is 2. The summed E-state index contributed by atoms with van der Waals surface area (Å²) in [5.74, 6) is -0.318. The number of aliphatic carboxylic acids is 1. The van der Waals surface area contributed by atoms with Crippen molar-refractivity contribution in [3.8, 4) is 0 Å². The zero-order valence-corrected chi connectivity index (χ0v) is 16.9. The lowest BCUT2D eigenvalue weighted by Crippen LogP contribution is -2.42. The van der Waals surface area contributed by atoms with Gasteiger partial charge in [-0.2, -0.15) is 0 Å². The van der Waals surface area contributed by atoms with Gasteiger partial charge in [0, 0.05) is 19.1 Å². The Kier molecular flexibility index (Phi) is 7.66. The quantitative estimate of drug-likeness (QED) is 0.799. The molecule has 2 atom stereocenters. The second-order valence-electron chi connectivity index (χ2n) is 7.87. The number of hydrogen-bond acceptors (Lipinski definition) is 3. The fraction of sp³-hybridized carbons (Fsp3) is 0.619. The van der Waals surface area contributed by atoms with Crippen LogP contribution in [0.5, 0.6) is 0 Å². The predicted octanol–water partition coefficient (Wildman–Crippen LogP) is 3.45. The average Bonchev–Trinajstić information content (AvgIpc) is 2.87. The first-order valence-electron chi connectivity index (χ1n) is 9.85. The SMILES string of the molecule is CC(C)c1ccc(C(C)NC(=O)N2CCCC(N(C)CC(=O)O)CC2)cc1. The van der Waals surface area contributed by atoms with Gasteiger partial charge in [0.25, 0.3) is 0 Å². The van der Waals surface area contributed by atoms with Gasteiger partial charge in [-0.3, -0.25) is 9.69 Å². The number of hydrogen-bond donors (Lipinski definition) is 2. The van der Waals surface area contributed by atoms with E-state index in [2.05, 4.69) is 43.4 Å². The first-order valence-corrected chi connectivity index (χ1v) is 9.85. The first kappa shape index (κ1) is 21.2. The topological polar surface area (TPSA) is 72.9 Å². The number of likely N-dealkylation sites (N-methyl/N-ethyl adjacent to an activating group) is 1. The summed E-state index contributed by atoms with van der Waals surface area (Å²) in [7, 11) is 1.84. The van der Waals surface area contributed by atoms with Crippen molar-refractivity contribution < 1.29 is 14.7 Å². The van der Waals surface area contributed by atoms with E-state index in [-0.39, 0.29) is 24.7 Å². The van der Waals surface area contributed by atoms with Gasteiger partial charge in [-0.05, 0) is 50.3 Å². The lowest BCUT2D eigenvalue weighted by molar-refractivity contribution is -0.138. The van der Waals surface area contributed by atoms with Gasteiger partial charge < -0.3 is 15.3 Å². The number of carboxylic acids is 1. The Bertz CT molecular complexity index is 630. The minimum Gasteiger partial charge on any atom is -0.480 e. The maximum absolute atomic E-state index is 12.7. The van der Waals surface area contributed by atoms with Crippen LogP contribution in [0.2, 0.25) is 0 Å². The molecule has 6 heteroatoms. The van der Waals surface area contributed by atoms with Crippen LogP contribution in [0.15, 0.2) is 24.3 Å². The van der Waals surface area contributed by atoms with E-state index in [1.165, 1.54) is 5.56 Å². The molecule has 2 rings (SSSR count). The van der Waals surface area contributed by atoms with Crippen LogP contribution in [0, 0.1) is 0 Å². The maximum Gasteiger partial charge on any atom is 0.317 e. The summed E-state index contributed by atoms with van der Waals surface area (Å²) in [5, 5.41) is 12.1. The Morgan fingerprint density at radius 2 is 1.78 bits per heavy atom. The van der Waals surface area contributed by atoms with E-state index in [1.807, 2.05) is 23.8 Å². The summed E-state index contributed by atoms with van der Waals surface area (Å²) in [6, 6.07) is 8.53. The third-order valence-corrected chi connectivity index (χ3v) is 5.44. The highest BCUT2D eigenvalue weighted by atomic mass is 16.4. The minimum absolute atomic E-state index is 0.0419. The second kappa shape index (κ2) is 9.74. The van der Waals surface area contributed by atoms with E-state index in [1.54, 1.807) is 0 Å². The second-order valence-corrected chi connectivity index (χ2v) is 7.87. The van der Waals surface area contributed by atoms with Crippen molar-refractivity contribution in [1.29, 1.82) is 0 Å². The van der Waals surface area contributed by atoms with Crippen LogP contribution in [0.1, 0.15) is 63.1 Å². The van der Waals surface area contributed by atoms with Crippen LogP contribution in [-0.2, 0) is 4.79 Å². The van der Waals surface area contributed by atoms with Crippen molar-refractivity contribution in [2.45, 2.75) is 58.0 Å². The van der Waals surface area contributed by atoms with Gasteiger partial charge in [0.1, 0.15) is 0 Å². The molecule has 0 bridgehead atoms. The number of carbonyl (C=O) groups is 2. The lowest BCUT2D eigenvalue weighted by Gasteiger charge is -2.26. The summed E-state index contributed by atoms with van der Waals surface area (Å²) < 4.78 is 0. The van der Waals surface area contributed by atoms with Crippen molar-refractivity contribution in [2.24, 2.45) is 0 Å². The van der Waals surface area contributed by atoms with Crippen LogP contribution in [-0.4, -0.2) is 59.6 Å². The summed E-state index contributed by atoms with van der Waals surface area (Å²) >= 11 is 0. The van der Waals surface area contributed by atoms with Crippen molar-refractivity contribution in [2.75, 3.05) is 26.7 Å². The zero-order chi connectivity index (χ0) is 20.0. The number of amides is 2. The van der Waals surface area contributed by atoms with Gasteiger partial charge in [-0.1, -0.05) is 38.1 Å². The van der Waals surface area contributed by atoms with Crippen LogP contribution in [0.3, 0.4) is 0 Å². The maximum atomic E-state index is 12.7. The molecule has 0 spiro atoms. The van der Waals surface area contributed by atoms with E-state index in [0.717, 1.165) is 24.8 Å². The molecule has 150 valence electrons. The number of rotatable bonds is 6. The van der Waals surface area contributed by atoms with E-state index < -0.39 is 5.97 Å². The van der Waals surface area contributed by atoms with Gasteiger partial charge in [0.15, 0.2) is 0 Å². The molecule has 1 aliphatic heterocycles. The monoisotopic (exact) mass is 375 g/mol. The summed E-state index contributed by atoms with van der Waals surface area (Å²) in [4.78, 5) is 27.3. The van der Waals surface area contributed by atoms with Crippen molar-refractivity contribution in [3.05, 3.63) is 35.4 Å². The summed E-state index contributed by atoms with van der Waals surface area (Å²) in [5.41, 5.74) is 2.39. The molecule has 1 aromatic rings.